The van der Waals surface area contributed by atoms with Crippen molar-refractivity contribution >= 4 is 11.6 Å². The zero-order valence-corrected chi connectivity index (χ0v) is 20.6. The van der Waals surface area contributed by atoms with Crippen molar-refractivity contribution in [3.8, 4) is 5.75 Å². The molecular formula is C28H38N4O3. The molecular weight excluding hydrogens is 440 g/mol. The van der Waals surface area contributed by atoms with Crippen LogP contribution in [0.4, 0.5) is 5.69 Å². The predicted octanol–water partition coefficient (Wildman–Crippen LogP) is 2.45. The maximum Gasteiger partial charge on any atom is 0.222 e. The van der Waals surface area contributed by atoms with E-state index >= 15 is 0 Å². The fourth-order valence-electron chi connectivity index (χ4n) is 5.62. The summed E-state index contributed by atoms with van der Waals surface area (Å²) < 4.78 is 5.88. The fraction of sp³-hybridized carbons (Fsp3) is 0.536. The van der Waals surface area contributed by atoms with Crippen LogP contribution < -0.4 is 9.64 Å². The van der Waals surface area contributed by atoms with E-state index in [4.69, 9.17) is 4.74 Å². The van der Waals surface area contributed by atoms with Gasteiger partial charge in [0.2, 0.25) is 5.91 Å². The molecule has 0 aliphatic carbocycles. The van der Waals surface area contributed by atoms with Crippen molar-refractivity contribution in [1.29, 1.82) is 0 Å². The Hall–Kier alpha value is -2.61. The van der Waals surface area contributed by atoms with Crippen molar-refractivity contribution in [2.45, 2.75) is 38.0 Å². The van der Waals surface area contributed by atoms with Crippen molar-refractivity contribution in [1.82, 2.24) is 14.7 Å². The number of rotatable bonds is 9. The van der Waals surface area contributed by atoms with Gasteiger partial charge in [-0.1, -0.05) is 30.3 Å². The number of carbonyl (C=O) groups is 1. The van der Waals surface area contributed by atoms with Gasteiger partial charge in [0.15, 0.2) is 0 Å². The molecule has 3 aliphatic rings. The van der Waals surface area contributed by atoms with Crippen LogP contribution in [0.1, 0.15) is 24.8 Å². The van der Waals surface area contributed by atoms with Gasteiger partial charge in [-0.25, -0.2) is 0 Å². The minimum absolute atomic E-state index is 0.206. The molecule has 3 fully saturated rings. The number of aliphatic hydroxyl groups is 1. The normalized spacial score (nSPS) is 23.9. The van der Waals surface area contributed by atoms with E-state index in [1.54, 1.807) is 0 Å². The van der Waals surface area contributed by atoms with Crippen molar-refractivity contribution < 1.29 is 14.6 Å². The first-order chi connectivity index (χ1) is 17.2. The number of hydrogen-bond acceptors (Lipinski definition) is 6. The molecule has 5 rings (SSSR count). The summed E-state index contributed by atoms with van der Waals surface area (Å²) in [6, 6.07) is 19.1. The molecule has 1 N–H and O–H groups in total. The quantitative estimate of drug-likeness (QED) is 0.559. The lowest BCUT2D eigenvalue weighted by Crippen LogP contribution is -2.53. The average Bonchev–Trinajstić information content (AvgIpc) is 3.47. The zero-order valence-electron chi connectivity index (χ0n) is 20.6. The van der Waals surface area contributed by atoms with Crippen molar-refractivity contribution in [2.75, 3.05) is 63.9 Å². The van der Waals surface area contributed by atoms with Crippen LogP contribution in [0.2, 0.25) is 0 Å². The summed E-state index contributed by atoms with van der Waals surface area (Å²) in [7, 11) is 0. The molecule has 7 nitrogen and oxygen atoms in total. The first-order valence-corrected chi connectivity index (χ1v) is 13.1. The molecule has 1 amide bonds. The summed E-state index contributed by atoms with van der Waals surface area (Å²) in [6.07, 6.45) is 2.24. The number of carbonyl (C=O) groups excluding carboxylic acids is 1. The molecule has 3 saturated heterocycles. The predicted molar refractivity (Wildman–Crippen MR) is 138 cm³/mol. The number of aliphatic hydroxyl groups excluding tert-OH is 1. The first-order valence-electron chi connectivity index (χ1n) is 13.1. The van der Waals surface area contributed by atoms with Crippen LogP contribution in [0.5, 0.6) is 5.75 Å². The SMILES string of the molecule is O=C1CCCN1CCCOc1ccc(CN2C[C@H](O)[C@@H](N3CCN(c4ccccc4)CC3)C2)cc1. The molecule has 35 heavy (non-hydrogen) atoms. The van der Waals surface area contributed by atoms with E-state index in [0.29, 0.717) is 13.0 Å². The minimum Gasteiger partial charge on any atom is -0.494 e. The van der Waals surface area contributed by atoms with Crippen LogP contribution in [0.25, 0.3) is 0 Å². The number of piperazine rings is 1. The monoisotopic (exact) mass is 478 g/mol. The Bertz CT molecular complexity index is 946. The summed E-state index contributed by atoms with van der Waals surface area (Å²) in [6.45, 7) is 8.75. The highest BCUT2D eigenvalue weighted by Gasteiger charge is 2.36. The van der Waals surface area contributed by atoms with Gasteiger partial charge in [-0.05, 0) is 42.7 Å². The highest BCUT2D eigenvalue weighted by Crippen LogP contribution is 2.23. The van der Waals surface area contributed by atoms with Crippen LogP contribution in [0.15, 0.2) is 54.6 Å². The molecule has 2 aromatic rings. The lowest BCUT2D eigenvalue weighted by Gasteiger charge is -2.39. The summed E-state index contributed by atoms with van der Waals surface area (Å²) in [5.74, 6) is 1.15. The highest BCUT2D eigenvalue weighted by molar-refractivity contribution is 5.77. The van der Waals surface area contributed by atoms with E-state index in [1.165, 1.54) is 11.3 Å². The van der Waals surface area contributed by atoms with Gasteiger partial charge in [0.1, 0.15) is 5.75 Å². The Morgan fingerprint density at radius 3 is 2.40 bits per heavy atom. The number of β-amino-alcohol motifs (C(OH)–C–C–N with tert-alkyl or cyclic N) is 1. The topological polar surface area (TPSA) is 59.5 Å². The number of nitrogens with zero attached hydrogens (tertiary/aromatic N) is 4. The fourth-order valence-corrected chi connectivity index (χ4v) is 5.62. The minimum atomic E-state index is -0.302. The van der Waals surface area contributed by atoms with E-state index in [9.17, 15) is 9.90 Å². The number of ether oxygens (including phenoxy) is 1. The zero-order chi connectivity index (χ0) is 24.0. The van der Waals surface area contributed by atoms with Gasteiger partial charge in [-0.3, -0.25) is 14.6 Å². The molecule has 2 aromatic carbocycles. The van der Waals surface area contributed by atoms with Crippen LogP contribution in [-0.4, -0.2) is 96.8 Å². The van der Waals surface area contributed by atoms with Gasteiger partial charge in [0, 0.05) is 77.1 Å². The molecule has 0 spiro atoms. The Kier molecular flexibility index (Phi) is 7.86. The second kappa shape index (κ2) is 11.4. The van der Waals surface area contributed by atoms with Crippen molar-refractivity contribution in [2.24, 2.45) is 0 Å². The van der Waals surface area contributed by atoms with Crippen LogP contribution in [0, 0.1) is 0 Å². The number of likely N-dealkylation sites (tertiary alicyclic amines) is 2. The van der Waals surface area contributed by atoms with Crippen molar-refractivity contribution in [3.63, 3.8) is 0 Å². The number of benzene rings is 2. The lowest BCUT2D eigenvalue weighted by atomic mass is 10.1. The molecule has 2 atom stereocenters. The van der Waals surface area contributed by atoms with Crippen molar-refractivity contribution in [3.05, 3.63) is 60.2 Å². The second-order valence-electron chi connectivity index (χ2n) is 10.0. The summed E-state index contributed by atoms with van der Waals surface area (Å²) in [4.78, 5) is 20.9. The van der Waals surface area contributed by atoms with Gasteiger partial charge in [0.25, 0.3) is 0 Å². The Morgan fingerprint density at radius 1 is 0.914 bits per heavy atom. The van der Waals surface area contributed by atoms with E-state index < -0.39 is 0 Å². The van der Waals surface area contributed by atoms with Crippen LogP contribution in [0.3, 0.4) is 0 Å². The second-order valence-corrected chi connectivity index (χ2v) is 10.0. The third-order valence-electron chi connectivity index (χ3n) is 7.58. The van der Waals surface area contributed by atoms with E-state index in [2.05, 4.69) is 57.2 Å². The summed E-state index contributed by atoms with van der Waals surface area (Å²) in [5.41, 5.74) is 2.52. The smallest absolute Gasteiger partial charge is 0.222 e. The molecule has 3 aliphatic heterocycles. The largest absolute Gasteiger partial charge is 0.494 e. The molecule has 7 heteroatoms. The molecule has 188 valence electrons. The summed E-state index contributed by atoms with van der Waals surface area (Å²) >= 11 is 0. The van der Waals surface area contributed by atoms with E-state index in [0.717, 1.165) is 77.5 Å². The number of hydrogen-bond donors (Lipinski definition) is 1. The highest BCUT2D eigenvalue weighted by atomic mass is 16.5. The molecule has 0 aromatic heterocycles. The van der Waals surface area contributed by atoms with E-state index in [1.807, 2.05) is 17.0 Å². The maximum atomic E-state index is 11.7. The van der Waals surface area contributed by atoms with Gasteiger partial charge in [-0.2, -0.15) is 0 Å². The molecule has 0 bridgehead atoms. The third kappa shape index (κ3) is 6.15. The Morgan fingerprint density at radius 2 is 1.69 bits per heavy atom. The number of anilines is 1. The Labute approximate surface area is 208 Å². The molecule has 0 radical (unpaired) electrons. The number of amides is 1. The Balaban J connectivity index is 1.04. The number of para-hydroxylation sites is 1. The average molecular weight is 479 g/mol. The van der Waals surface area contributed by atoms with E-state index in [-0.39, 0.29) is 18.1 Å². The van der Waals surface area contributed by atoms with Crippen LogP contribution in [-0.2, 0) is 11.3 Å². The van der Waals surface area contributed by atoms with Gasteiger partial charge >= 0.3 is 0 Å². The van der Waals surface area contributed by atoms with Gasteiger partial charge in [0.05, 0.1) is 12.7 Å². The molecule has 3 heterocycles. The maximum absolute atomic E-state index is 11.7. The van der Waals surface area contributed by atoms with Crippen LogP contribution >= 0.6 is 0 Å². The lowest BCUT2D eigenvalue weighted by molar-refractivity contribution is -0.127. The summed E-state index contributed by atoms with van der Waals surface area (Å²) in [5, 5.41) is 10.8. The standard InChI is InChI=1S/C28H38N4O3/c33-27-22-29(21-26(27)31-17-15-30(16-18-31)24-6-2-1-3-7-24)20-23-9-11-25(12-10-23)35-19-5-14-32-13-4-8-28(32)34/h1-3,6-7,9-12,26-27,33H,4-5,8,13-22H2/t26-,27-/m0/s1. The molecule has 0 unspecified atom stereocenters. The molecule has 0 saturated carbocycles. The van der Waals surface area contributed by atoms with Gasteiger partial charge in [-0.15, -0.1) is 0 Å². The third-order valence-corrected chi connectivity index (χ3v) is 7.58. The first kappa shape index (κ1) is 24.1. The van der Waals surface area contributed by atoms with Gasteiger partial charge < -0.3 is 19.6 Å².